The number of aliphatic carboxylic acids is 1. The van der Waals surface area contributed by atoms with Crippen molar-refractivity contribution in [1.82, 2.24) is 0 Å². The fourth-order valence-electron chi connectivity index (χ4n) is 1.20. The van der Waals surface area contributed by atoms with Crippen LogP contribution >= 0.6 is 15.9 Å². The lowest BCUT2D eigenvalue weighted by Gasteiger charge is -2.11. The molecule has 1 atom stereocenters. The maximum atomic E-state index is 13.3. The predicted molar refractivity (Wildman–Crippen MR) is 53.2 cm³/mol. The van der Waals surface area contributed by atoms with Crippen molar-refractivity contribution < 1.29 is 18.7 Å². The molecule has 1 aromatic rings. The molecule has 0 fully saturated rings. The summed E-state index contributed by atoms with van der Waals surface area (Å²) >= 11 is 2.91. The zero-order chi connectivity index (χ0) is 11.6. The van der Waals surface area contributed by atoms with E-state index in [1.165, 1.54) is 0 Å². The van der Waals surface area contributed by atoms with Gasteiger partial charge in [-0.1, -0.05) is 15.9 Å². The van der Waals surface area contributed by atoms with E-state index in [1.54, 1.807) is 0 Å². The maximum Gasteiger partial charge on any atom is 0.305 e. The first kappa shape index (κ1) is 12.1. The molecule has 0 saturated carbocycles. The van der Waals surface area contributed by atoms with Crippen molar-refractivity contribution in [2.24, 2.45) is 5.73 Å². The van der Waals surface area contributed by atoms with Crippen molar-refractivity contribution >= 4 is 21.9 Å². The van der Waals surface area contributed by atoms with Crippen molar-refractivity contribution in [2.45, 2.75) is 12.5 Å². The summed E-state index contributed by atoms with van der Waals surface area (Å²) in [5.74, 6) is -2.91. The third kappa shape index (κ3) is 2.97. The molecule has 0 heterocycles. The molecule has 0 radical (unpaired) electrons. The van der Waals surface area contributed by atoms with Crippen LogP contribution in [0.4, 0.5) is 8.78 Å². The number of halogens is 3. The van der Waals surface area contributed by atoms with Gasteiger partial charge in [0.25, 0.3) is 0 Å². The van der Waals surface area contributed by atoms with Crippen LogP contribution in [-0.2, 0) is 4.79 Å². The van der Waals surface area contributed by atoms with Crippen molar-refractivity contribution in [3.8, 4) is 0 Å². The molecule has 0 spiro atoms. The molecule has 1 aromatic carbocycles. The van der Waals surface area contributed by atoms with Gasteiger partial charge >= 0.3 is 5.97 Å². The molecule has 0 aliphatic heterocycles. The van der Waals surface area contributed by atoms with Gasteiger partial charge in [0.15, 0.2) is 0 Å². The minimum absolute atomic E-state index is 0.240. The van der Waals surface area contributed by atoms with E-state index in [0.29, 0.717) is 0 Å². The maximum absolute atomic E-state index is 13.3. The van der Waals surface area contributed by atoms with Crippen LogP contribution in [0.15, 0.2) is 16.6 Å². The first-order valence-electron chi connectivity index (χ1n) is 4.03. The molecule has 0 aliphatic rings. The lowest BCUT2D eigenvalue weighted by atomic mass is 10.0. The van der Waals surface area contributed by atoms with Crippen LogP contribution in [0.3, 0.4) is 0 Å². The van der Waals surface area contributed by atoms with E-state index in [0.717, 1.165) is 12.1 Å². The van der Waals surface area contributed by atoms with Crippen molar-refractivity contribution in [3.63, 3.8) is 0 Å². The Hall–Kier alpha value is -1.01. The normalized spacial score (nSPS) is 12.5. The smallest absolute Gasteiger partial charge is 0.305 e. The summed E-state index contributed by atoms with van der Waals surface area (Å²) in [6.07, 6.45) is -0.518. The molecule has 3 N–H and O–H groups in total. The van der Waals surface area contributed by atoms with Gasteiger partial charge in [-0.15, -0.1) is 0 Å². The highest BCUT2D eigenvalue weighted by Gasteiger charge is 2.19. The van der Waals surface area contributed by atoms with Crippen LogP contribution in [0.5, 0.6) is 0 Å². The number of carbonyl (C=O) groups is 1. The number of carboxylic acid groups (broad SMARTS) is 1. The predicted octanol–water partition coefficient (Wildman–Crippen LogP) is 2.20. The minimum atomic E-state index is -1.20. The third-order valence-electron chi connectivity index (χ3n) is 1.81. The first-order chi connectivity index (χ1) is 6.91. The van der Waals surface area contributed by atoms with Crippen molar-refractivity contribution in [2.75, 3.05) is 0 Å². The van der Waals surface area contributed by atoms with Gasteiger partial charge in [-0.05, 0) is 12.1 Å². The van der Waals surface area contributed by atoms with E-state index >= 15 is 0 Å². The van der Waals surface area contributed by atoms with Gasteiger partial charge in [-0.25, -0.2) is 8.78 Å². The Morgan fingerprint density at radius 1 is 1.47 bits per heavy atom. The van der Waals surface area contributed by atoms with Crippen LogP contribution in [0.1, 0.15) is 18.0 Å². The first-order valence-corrected chi connectivity index (χ1v) is 4.83. The summed E-state index contributed by atoms with van der Waals surface area (Å²) in [5, 5.41) is 8.45. The average Bonchev–Trinajstić information content (AvgIpc) is 1.99. The molecular formula is C9H8BrF2NO2. The second kappa shape index (κ2) is 4.67. The Bertz CT molecular complexity index is 375. The molecule has 0 aromatic heterocycles. The van der Waals surface area contributed by atoms with E-state index in [2.05, 4.69) is 15.9 Å². The fourth-order valence-corrected chi connectivity index (χ4v) is 1.60. The molecule has 1 rings (SSSR count). The molecular weight excluding hydrogens is 272 g/mol. The number of carboxylic acids is 1. The molecule has 0 saturated heterocycles. The second-order valence-corrected chi connectivity index (χ2v) is 3.90. The summed E-state index contributed by atoms with van der Waals surface area (Å²) in [6.45, 7) is 0. The lowest BCUT2D eigenvalue weighted by Crippen LogP contribution is -2.18. The second-order valence-electron chi connectivity index (χ2n) is 2.99. The Morgan fingerprint density at radius 2 is 1.93 bits per heavy atom. The molecule has 82 valence electrons. The minimum Gasteiger partial charge on any atom is -0.481 e. The SMILES string of the molecule is NC(CC(=O)O)c1c(F)cc(Br)cc1F. The fraction of sp³-hybridized carbons (Fsp3) is 0.222. The molecule has 0 bridgehead atoms. The summed E-state index contributed by atoms with van der Waals surface area (Å²) in [6, 6.07) is 0.899. The molecule has 0 aliphatic carbocycles. The summed E-state index contributed by atoms with van der Waals surface area (Å²) in [5.41, 5.74) is 4.97. The van der Waals surface area contributed by atoms with Crippen LogP contribution in [-0.4, -0.2) is 11.1 Å². The number of hydrogen-bond acceptors (Lipinski definition) is 2. The Labute approximate surface area is 93.0 Å². The van der Waals surface area contributed by atoms with Crippen LogP contribution < -0.4 is 5.73 Å². The zero-order valence-electron chi connectivity index (χ0n) is 7.51. The number of rotatable bonds is 3. The van der Waals surface area contributed by atoms with Crippen LogP contribution in [0.2, 0.25) is 0 Å². The Balaban J connectivity index is 3.08. The van der Waals surface area contributed by atoms with Gasteiger partial charge in [0.05, 0.1) is 6.42 Å². The highest BCUT2D eigenvalue weighted by atomic mass is 79.9. The Morgan fingerprint density at radius 3 is 2.33 bits per heavy atom. The average molecular weight is 280 g/mol. The molecule has 0 amide bonds. The lowest BCUT2D eigenvalue weighted by molar-refractivity contribution is -0.137. The number of nitrogens with two attached hydrogens (primary N) is 1. The zero-order valence-corrected chi connectivity index (χ0v) is 9.09. The standard InChI is InChI=1S/C9H8BrF2NO2/c10-4-1-5(11)9(6(12)2-4)7(13)3-8(14)15/h1-2,7H,3,13H2,(H,14,15). The topological polar surface area (TPSA) is 63.3 Å². The van der Waals surface area contributed by atoms with E-state index in [1.807, 2.05) is 0 Å². The largest absolute Gasteiger partial charge is 0.481 e. The van der Waals surface area contributed by atoms with Crippen molar-refractivity contribution in [1.29, 1.82) is 0 Å². The Kier molecular flexibility index (Phi) is 3.76. The summed E-state index contributed by atoms with van der Waals surface area (Å²) in [4.78, 5) is 10.3. The van der Waals surface area contributed by atoms with E-state index in [9.17, 15) is 13.6 Å². The monoisotopic (exact) mass is 279 g/mol. The highest BCUT2D eigenvalue weighted by Crippen LogP contribution is 2.25. The van der Waals surface area contributed by atoms with E-state index < -0.39 is 35.6 Å². The third-order valence-corrected chi connectivity index (χ3v) is 2.27. The van der Waals surface area contributed by atoms with Gasteiger partial charge in [0.2, 0.25) is 0 Å². The summed E-state index contributed by atoms with van der Waals surface area (Å²) in [7, 11) is 0. The quantitative estimate of drug-likeness (QED) is 0.892. The molecule has 3 nitrogen and oxygen atoms in total. The number of hydrogen-bond donors (Lipinski definition) is 2. The van der Waals surface area contributed by atoms with Gasteiger partial charge in [0, 0.05) is 16.1 Å². The van der Waals surface area contributed by atoms with Crippen LogP contribution in [0.25, 0.3) is 0 Å². The van der Waals surface area contributed by atoms with Gasteiger partial charge < -0.3 is 10.8 Å². The molecule has 15 heavy (non-hydrogen) atoms. The molecule has 1 unspecified atom stereocenters. The van der Waals surface area contributed by atoms with Gasteiger partial charge in [-0.3, -0.25) is 4.79 Å². The van der Waals surface area contributed by atoms with Crippen molar-refractivity contribution in [3.05, 3.63) is 33.8 Å². The van der Waals surface area contributed by atoms with Gasteiger partial charge in [-0.2, -0.15) is 0 Å². The van der Waals surface area contributed by atoms with Crippen LogP contribution in [0, 0.1) is 11.6 Å². The van der Waals surface area contributed by atoms with E-state index in [-0.39, 0.29) is 4.47 Å². The highest BCUT2D eigenvalue weighted by molar-refractivity contribution is 9.10. The van der Waals surface area contributed by atoms with Gasteiger partial charge in [0.1, 0.15) is 11.6 Å². The summed E-state index contributed by atoms with van der Waals surface area (Å²) < 4.78 is 26.8. The van der Waals surface area contributed by atoms with E-state index in [4.69, 9.17) is 10.8 Å². The number of benzene rings is 1. The molecule has 6 heteroatoms.